The maximum absolute atomic E-state index is 11.4. The van der Waals surface area contributed by atoms with E-state index in [2.05, 4.69) is 15.6 Å². The molecule has 1 aromatic heterocycles. The molecule has 14 heavy (non-hydrogen) atoms. The minimum Gasteiger partial charge on any atom is -0.350 e. The van der Waals surface area contributed by atoms with Crippen LogP contribution in [0.1, 0.15) is 22.5 Å². The van der Waals surface area contributed by atoms with Gasteiger partial charge in [0, 0.05) is 19.1 Å². The number of carbonyl (C=O) groups excluding carboxylic acids is 1. The third-order valence-corrected chi connectivity index (χ3v) is 2.85. The Bertz CT molecular complexity index is 295. The zero-order valence-electron chi connectivity index (χ0n) is 7.82. The van der Waals surface area contributed by atoms with Crippen molar-refractivity contribution in [3.8, 4) is 0 Å². The first-order valence-corrected chi connectivity index (χ1v) is 5.64. The molecule has 1 amide bonds. The van der Waals surface area contributed by atoms with E-state index in [1.165, 1.54) is 24.2 Å². The summed E-state index contributed by atoms with van der Waals surface area (Å²) in [4.78, 5) is 15.9. The average molecular weight is 211 g/mol. The van der Waals surface area contributed by atoms with Crippen molar-refractivity contribution in [1.29, 1.82) is 0 Å². The molecule has 0 radical (unpaired) electrons. The maximum atomic E-state index is 11.4. The predicted molar refractivity (Wildman–Crippen MR) is 55.5 cm³/mol. The van der Waals surface area contributed by atoms with Gasteiger partial charge in [-0.15, -0.1) is 11.3 Å². The normalized spacial score (nSPS) is 15.4. The van der Waals surface area contributed by atoms with Gasteiger partial charge >= 0.3 is 0 Å². The van der Waals surface area contributed by atoms with Gasteiger partial charge in [-0.3, -0.25) is 9.78 Å². The van der Waals surface area contributed by atoms with Crippen molar-refractivity contribution in [3.05, 3.63) is 16.6 Å². The summed E-state index contributed by atoms with van der Waals surface area (Å²) >= 11 is 1.36. The smallest absolute Gasteiger partial charge is 0.263 e. The van der Waals surface area contributed by atoms with Crippen molar-refractivity contribution in [3.63, 3.8) is 0 Å². The lowest BCUT2D eigenvalue weighted by Gasteiger charge is -2.03. The van der Waals surface area contributed by atoms with E-state index >= 15 is 0 Å². The zero-order chi connectivity index (χ0) is 9.80. The third-order valence-electron chi connectivity index (χ3n) is 2.08. The number of nitrogens with one attached hydrogen (secondary N) is 2. The van der Waals surface area contributed by atoms with Crippen LogP contribution in [0.4, 0.5) is 0 Å². The van der Waals surface area contributed by atoms with E-state index in [1.54, 1.807) is 11.7 Å². The van der Waals surface area contributed by atoms with Crippen LogP contribution in [0.3, 0.4) is 0 Å². The van der Waals surface area contributed by atoms with Crippen LogP contribution >= 0.6 is 11.3 Å². The maximum Gasteiger partial charge on any atom is 0.263 e. The highest BCUT2D eigenvalue weighted by molar-refractivity contribution is 7.11. The molecule has 0 unspecified atom stereocenters. The van der Waals surface area contributed by atoms with Gasteiger partial charge in [-0.2, -0.15) is 0 Å². The van der Waals surface area contributed by atoms with E-state index in [0.29, 0.717) is 17.5 Å². The summed E-state index contributed by atoms with van der Waals surface area (Å²) < 4.78 is 0. The topological polar surface area (TPSA) is 54.0 Å². The molecule has 2 rings (SSSR count). The SMILES string of the molecule is O=C(NCCNC1CC1)c1cncs1. The number of thiazole rings is 1. The van der Waals surface area contributed by atoms with Crippen LogP contribution in [0.25, 0.3) is 0 Å². The molecule has 4 nitrogen and oxygen atoms in total. The number of nitrogens with zero attached hydrogens (tertiary/aromatic N) is 1. The van der Waals surface area contributed by atoms with Gasteiger partial charge in [0.25, 0.3) is 5.91 Å². The summed E-state index contributed by atoms with van der Waals surface area (Å²) in [5.74, 6) is -0.0231. The molecule has 0 bridgehead atoms. The Hall–Kier alpha value is -0.940. The Morgan fingerprint density at radius 2 is 2.43 bits per heavy atom. The molecule has 1 saturated carbocycles. The average Bonchev–Trinajstić information content (AvgIpc) is 2.84. The van der Waals surface area contributed by atoms with Crippen LogP contribution < -0.4 is 10.6 Å². The Labute approximate surface area is 86.7 Å². The summed E-state index contributed by atoms with van der Waals surface area (Å²) in [6.07, 6.45) is 4.15. The number of amides is 1. The van der Waals surface area contributed by atoms with Gasteiger partial charge in [0.05, 0.1) is 11.7 Å². The van der Waals surface area contributed by atoms with E-state index in [0.717, 1.165) is 6.54 Å². The molecular weight excluding hydrogens is 198 g/mol. The van der Waals surface area contributed by atoms with E-state index < -0.39 is 0 Å². The van der Waals surface area contributed by atoms with Crippen LogP contribution in [0.15, 0.2) is 11.7 Å². The van der Waals surface area contributed by atoms with Gasteiger partial charge in [-0.1, -0.05) is 0 Å². The zero-order valence-corrected chi connectivity index (χ0v) is 8.64. The van der Waals surface area contributed by atoms with Crippen LogP contribution in [0.5, 0.6) is 0 Å². The van der Waals surface area contributed by atoms with Gasteiger partial charge < -0.3 is 10.6 Å². The quantitative estimate of drug-likeness (QED) is 0.702. The lowest BCUT2D eigenvalue weighted by atomic mass is 10.5. The first kappa shape index (κ1) is 9.61. The second kappa shape index (κ2) is 4.52. The number of hydrogen-bond acceptors (Lipinski definition) is 4. The van der Waals surface area contributed by atoms with E-state index in [-0.39, 0.29) is 5.91 Å². The lowest BCUT2D eigenvalue weighted by molar-refractivity contribution is 0.0957. The molecule has 1 aliphatic rings. The molecule has 1 aromatic rings. The van der Waals surface area contributed by atoms with Crippen molar-refractivity contribution < 1.29 is 4.79 Å². The van der Waals surface area contributed by atoms with Crippen molar-refractivity contribution in [2.24, 2.45) is 0 Å². The van der Waals surface area contributed by atoms with Crippen molar-refractivity contribution in [2.45, 2.75) is 18.9 Å². The van der Waals surface area contributed by atoms with E-state index in [4.69, 9.17) is 0 Å². The predicted octanol–water partition coefficient (Wildman–Crippen LogP) is 0.625. The fourth-order valence-electron chi connectivity index (χ4n) is 1.15. The lowest BCUT2D eigenvalue weighted by Crippen LogP contribution is -2.32. The summed E-state index contributed by atoms with van der Waals surface area (Å²) in [5, 5.41) is 6.17. The molecule has 1 aliphatic carbocycles. The van der Waals surface area contributed by atoms with E-state index in [1.807, 2.05) is 0 Å². The van der Waals surface area contributed by atoms with Crippen molar-refractivity contribution in [2.75, 3.05) is 13.1 Å². The Kier molecular flexibility index (Phi) is 3.10. The standard InChI is InChI=1S/C9H13N3OS/c13-9(8-5-10-6-14-8)12-4-3-11-7-1-2-7/h5-7,11H,1-4H2,(H,12,13). The first-order valence-electron chi connectivity index (χ1n) is 4.76. The molecule has 2 N–H and O–H groups in total. The number of aromatic nitrogens is 1. The molecule has 0 aromatic carbocycles. The van der Waals surface area contributed by atoms with Crippen LogP contribution in [-0.2, 0) is 0 Å². The Morgan fingerprint density at radius 1 is 1.57 bits per heavy atom. The molecule has 0 atom stereocenters. The monoisotopic (exact) mass is 211 g/mol. The summed E-state index contributed by atoms with van der Waals surface area (Å²) in [6, 6.07) is 0.704. The van der Waals surface area contributed by atoms with Crippen molar-refractivity contribution >= 4 is 17.2 Å². The Morgan fingerprint density at radius 3 is 3.07 bits per heavy atom. The summed E-state index contributed by atoms with van der Waals surface area (Å²) in [5.41, 5.74) is 1.66. The van der Waals surface area contributed by atoms with Crippen molar-refractivity contribution in [1.82, 2.24) is 15.6 Å². The summed E-state index contributed by atoms with van der Waals surface area (Å²) in [6.45, 7) is 1.54. The minimum absolute atomic E-state index is 0.0231. The molecule has 0 saturated heterocycles. The molecule has 76 valence electrons. The number of hydrogen-bond donors (Lipinski definition) is 2. The third kappa shape index (κ3) is 2.78. The summed E-state index contributed by atoms with van der Waals surface area (Å²) in [7, 11) is 0. The van der Waals surface area contributed by atoms with Gasteiger partial charge in [0.2, 0.25) is 0 Å². The number of carbonyl (C=O) groups is 1. The van der Waals surface area contributed by atoms with Gasteiger partial charge in [-0.25, -0.2) is 0 Å². The van der Waals surface area contributed by atoms with E-state index in [9.17, 15) is 4.79 Å². The van der Waals surface area contributed by atoms with Gasteiger partial charge in [0.15, 0.2) is 0 Å². The van der Waals surface area contributed by atoms with Gasteiger partial charge in [-0.05, 0) is 12.8 Å². The van der Waals surface area contributed by atoms with Crippen LogP contribution in [0.2, 0.25) is 0 Å². The molecule has 1 heterocycles. The fraction of sp³-hybridized carbons (Fsp3) is 0.556. The largest absolute Gasteiger partial charge is 0.350 e. The van der Waals surface area contributed by atoms with Crippen LogP contribution in [-0.4, -0.2) is 30.0 Å². The molecule has 0 aliphatic heterocycles. The second-order valence-corrected chi connectivity index (χ2v) is 4.24. The minimum atomic E-state index is -0.0231. The molecule has 1 fully saturated rings. The second-order valence-electron chi connectivity index (χ2n) is 3.35. The number of rotatable bonds is 5. The molecular formula is C9H13N3OS. The highest BCUT2D eigenvalue weighted by Crippen LogP contribution is 2.17. The highest BCUT2D eigenvalue weighted by Gasteiger charge is 2.19. The van der Waals surface area contributed by atoms with Crippen LogP contribution in [0, 0.1) is 0 Å². The fourth-order valence-corrected chi connectivity index (χ4v) is 1.69. The van der Waals surface area contributed by atoms with Gasteiger partial charge in [0.1, 0.15) is 4.88 Å². The first-order chi connectivity index (χ1) is 6.86. The molecule has 5 heteroatoms. The molecule has 0 spiro atoms. The highest BCUT2D eigenvalue weighted by atomic mass is 32.1. The Balaban J connectivity index is 1.62.